The van der Waals surface area contributed by atoms with Gasteiger partial charge in [0.25, 0.3) is 0 Å². The quantitative estimate of drug-likeness (QED) is 0.550. The van der Waals surface area contributed by atoms with Crippen molar-refractivity contribution in [2.75, 3.05) is 0 Å². The number of carbonyl (C=O) groups is 1. The first-order chi connectivity index (χ1) is 16.8. The maximum absolute atomic E-state index is 12.8. The molecule has 35 heavy (non-hydrogen) atoms. The average molecular weight is 494 g/mol. The Hall–Kier alpha value is -2.93. The van der Waals surface area contributed by atoms with Gasteiger partial charge in [-0.15, -0.1) is 10.2 Å². The number of hydrogen-bond donors (Lipinski definition) is 1. The molecule has 8 heteroatoms. The van der Waals surface area contributed by atoms with Crippen molar-refractivity contribution in [3.05, 3.63) is 64.8 Å². The molecule has 7 nitrogen and oxygen atoms in total. The van der Waals surface area contributed by atoms with Gasteiger partial charge < -0.3 is 10.1 Å². The first-order valence-corrected chi connectivity index (χ1v) is 12.8. The number of ether oxygens (including phenoxy) is 1. The lowest BCUT2D eigenvalue weighted by atomic mass is 9.86. The highest BCUT2D eigenvalue weighted by Gasteiger charge is 2.33. The van der Waals surface area contributed by atoms with E-state index in [0.29, 0.717) is 29.7 Å². The number of rotatable bonds is 4. The molecule has 3 aromatic rings. The zero-order chi connectivity index (χ0) is 24.6. The van der Waals surface area contributed by atoms with Crippen LogP contribution < -0.4 is 10.1 Å². The Bertz CT molecular complexity index is 1200. The maximum atomic E-state index is 12.8. The largest absolute Gasteiger partial charge is 0.474 e. The summed E-state index contributed by atoms with van der Waals surface area (Å²) >= 11 is 6.38. The predicted octanol–water partition coefficient (Wildman–Crippen LogP) is 5.05. The Kier molecular flexibility index (Phi) is 6.53. The van der Waals surface area contributed by atoms with Gasteiger partial charge in [0, 0.05) is 41.1 Å². The number of pyridine rings is 1. The van der Waals surface area contributed by atoms with Crippen LogP contribution in [-0.2, 0) is 17.6 Å². The van der Waals surface area contributed by atoms with Crippen LogP contribution in [0.3, 0.4) is 0 Å². The molecule has 1 aliphatic heterocycles. The predicted molar refractivity (Wildman–Crippen MR) is 135 cm³/mol. The summed E-state index contributed by atoms with van der Waals surface area (Å²) in [5, 5.41) is 13.2. The molecule has 1 saturated carbocycles. The van der Waals surface area contributed by atoms with Crippen LogP contribution in [0.2, 0.25) is 5.02 Å². The fraction of sp³-hybridized carbons (Fsp3) is 0.481. The molecular weight excluding hydrogens is 462 g/mol. The van der Waals surface area contributed by atoms with Crippen molar-refractivity contribution in [3.63, 3.8) is 0 Å². The van der Waals surface area contributed by atoms with Crippen LogP contribution in [0.5, 0.6) is 5.88 Å². The number of nitrogens with zero attached hydrogens (tertiary/aromatic N) is 4. The van der Waals surface area contributed by atoms with Crippen LogP contribution in [0.25, 0.3) is 5.69 Å². The minimum Gasteiger partial charge on any atom is -0.474 e. The number of halogens is 1. The highest BCUT2D eigenvalue weighted by atomic mass is 35.5. The summed E-state index contributed by atoms with van der Waals surface area (Å²) < 4.78 is 8.30. The van der Waals surface area contributed by atoms with Gasteiger partial charge in [-0.2, -0.15) is 0 Å². The summed E-state index contributed by atoms with van der Waals surface area (Å²) in [7, 11) is 0. The fourth-order valence-electron chi connectivity index (χ4n) is 5.01. The minimum absolute atomic E-state index is 0.0329. The number of carbonyl (C=O) groups excluding carboxylic acids is 1. The molecule has 1 amide bonds. The lowest BCUT2D eigenvalue weighted by molar-refractivity contribution is -0.129. The Balaban J connectivity index is 1.39. The number of nitrogens with one attached hydrogen (secondary N) is 1. The summed E-state index contributed by atoms with van der Waals surface area (Å²) in [6.07, 6.45) is 7.08. The van der Waals surface area contributed by atoms with E-state index >= 15 is 0 Å². The van der Waals surface area contributed by atoms with Crippen LogP contribution in [0.4, 0.5) is 0 Å². The third-order valence-electron chi connectivity index (χ3n) is 6.91. The second kappa shape index (κ2) is 9.61. The molecule has 1 aliphatic carbocycles. The van der Waals surface area contributed by atoms with Gasteiger partial charge in [0.1, 0.15) is 17.8 Å². The molecule has 0 bridgehead atoms. The van der Waals surface area contributed by atoms with Crippen LogP contribution in [0.1, 0.15) is 69.6 Å². The lowest BCUT2D eigenvalue weighted by Crippen LogP contribution is -2.43. The van der Waals surface area contributed by atoms with Gasteiger partial charge >= 0.3 is 0 Å². The van der Waals surface area contributed by atoms with Gasteiger partial charge in [-0.1, -0.05) is 38.4 Å². The smallest absolute Gasteiger partial charge is 0.225 e. The molecule has 1 aromatic carbocycles. The maximum Gasteiger partial charge on any atom is 0.225 e. The van der Waals surface area contributed by atoms with Crippen molar-refractivity contribution in [2.45, 2.75) is 77.4 Å². The van der Waals surface area contributed by atoms with E-state index in [2.05, 4.69) is 31.1 Å². The molecule has 184 valence electrons. The Labute approximate surface area is 211 Å². The van der Waals surface area contributed by atoms with Crippen molar-refractivity contribution in [1.82, 2.24) is 25.1 Å². The molecule has 3 heterocycles. The van der Waals surface area contributed by atoms with Gasteiger partial charge in [0.2, 0.25) is 11.8 Å². The second-order valence-electron chi connectivity index (χ2n) is 10.7. The zero-order valence-electron chi connectivity index (χ0n) is 20.5. The molecule has 5 rings (SSSR count). The van der Waals surface area contributed by atoms with Crippen LogP contribution in [-0.4, -0.2) is 37.8 Å². The topological polar surface area (TPSA) is 81.9 Å². The number of aromatic nitrogens is 4. The first kappa shape index (κ1) is 23.8. The van der Waals surface area contributed by atoms with E-state index in [9.17, 15) is 4.79 Å². The second-order valence-corrected chi connectivity index (χ2v) is 11.1. The van der Waals surface area contributed by atoms with Crippen molar-refractivity contribution in [2.24, 2.45) is 5.41 Å². The molecule has 0 spiro atoms. The molecule has 1 fully saturated rings. The summed E-state index contributed by atoms with van der Waals surface area (Å²) in [6, 6.07) is 11.6. The zero-order valence-corrected chi connectivity index (χ0v) is 21.3. The number of hydrogen-bond acceptors (Lipinski definition) is 5. The van der Waals surface area contributed by atoms with Gasteiger partial charge in [-0.05, 0) is 61.9 Å². The average Bonchev–Trinajstić information content (AvgIpc) is 3.16. The normalized spacial score (nSPS) is 22.0. The Morgan fingerprint density at radius 2 is 1.89 bits per heavy atom. The molecule has 0 unspecified atom stereocenters. The summed E-state index contributed by atoms with van der Waals surface area (Å²) in [4.78, 5) is 17.0. The van der Waals surface area contributed by atoms with Gasteiger partial charge in [-0.3, -0.25) is 9.36 Å². The highest BCUT2D eigenvalue weighted by Crippen LogP contribution is 2.37. The Morgan fingerprint density at radius 1 is 1.09 bits per heavy atom. The molecule has 2 aliphatic rings. The third kappa shape index (κ3) is 5.20. The third-order valence-corrected chi connectivity index (χ3v) is 7.15. The fourth-order valence-corrected chi connectivity index (χ4v) is 5.21. The van der Waals surface area contributed by atoms with Gasteiger partial charge in [0.05, 0.1) is 5.69 Å². The number of benzene rings is 1. The van der Waals surface area contributed by atoms with Crippen molar-refractivity contribution >= 4 is 17.5 Å². The minimum atomic E-state index is -0.460. The Morgan fingerprint density at radius 3 is 2.60 bits per heavy atom. The van der Waals surface area contributed by atoms with Crippen LogP contribution in [0.15, 0.2) is 42.6 Å². The van der Waals surface area contributed by atoms with Crippen molar-refractivity contribution in [1.29, 1.82) is 0 Å². The van der Waals surface area contributed by atoms with E-state index in [1.54, 1.807) is 6.20 Å². The number of fused-ring (bicyclic) bond motifs is 3. The first-order valence-electron chi connectivity index (χ1n) is 12.4. The molecule has 1 N–H and O–H groups in total. The highest BCUT2D eigenvalue weighted by molar-refractivity contribution is 6.30. The molecule has 0 radical (unpaired) electrons. The van der Waals surface area contributed by atoms with E-state index in [1.807, 2.05) is 51.1 Å². The summed E-state index contributed by atoms with van der Waals surface area (Å²) in [5.41, 5.74) is 1.70. The summed E-state index contributed by atoms with van der Waals surface area (Å²) in [6.45, 7) is 5.79. The van der Waals surface area contributed by atoms with Gasteiger partial charge in [-0.25, -0.2) is 4.98 Å². The van der Waals surface area contributed by atoms with E-state index in [4.69, 9.17) is 16.3 Å². The summed E-state index contributed by atoms with van der Waals surface area (Å²) in [5.74, 6) is 2.88. The molecular formula is C27H32ClN5O2. The lowest BCUT2D eigenvalue weighted by Gasteiger charge is -2.28. The standard InChI is InChI=1S/C27H32ClN5O2/c1-27(2,3)26(34)30-20-15-18-14-19(28)9-12-22(18)33-23(16-20)31-32-25(33)17-7-10-21(11-8-17)35-24-6-4-5-13-29-24/h4-6,9,12-14,17,20-21H,7-8,10-11,15-16H2,1-3H3,(H,30,34)/t17-,20-,21-/m1/s1. The number of amides is 1. The van der Waals surface area contributed by atoms with Crippen LogP contribution >= 0.6 is 11.6 Å². The molecule has 0 saturated heterocycles. The molecule has 2 aromatic heterocycles. The van der Waals surface area contributed by atoms with E-state index in [-0.39, 0.29) is 18.1 Å². The monoisotopic (exact) mass is 493 g/mol. The SMILES string of the molecule is CC(C)(C)C(=O)N[C@@H]1Cc2cc(Cl)ccc2-n2c(nnc2[C@H]2CC[C@H](Oc3ccccn3)CC2)C1. The molecule has 1 atom stereocenters. The van der Waals surface area contributed by atoms with Gasteiger partial charge in [0.15, 0.2) is 0 Å². The van der Waals surface area contributed by atoms with Crippen molar-refractivity contribution in [3.8, 4) is 11.6 Å². The van der Waals surface area contributed by atoms with Crippen molar-refractivity contribution < 1.29 is 9.53 Å². The van der Waals surface area contributed by atoms with E-state index in [1.165, 1.54) is 0 Å². The van der Waals surface area contributed by atoms with E-state index < -0.39 is 5.41 Å². The van der Waals surface area contributed by atoms with Crippen LogP contribution in [0, 0.1) is 5.41 Å². The van der Waals surface area contributed by atoms with E-state index in [0.717, 1.165) is 48.6 Å².